The molecule has 0 amide bonds. The van der Waals surface area contributed by atoms with Crippen molar-refractivity contribution in [2.75, 3.05) is 0 Å². The average molecular weight is 232 g/mol. The Morgan fingerprint density at radius 3 is 2.65 bits per heavy atom. The summed E-state index contributed by atoms with van der Waals surface area (Å²) in [7, 11) is 0. The van der Waals surface area contributed by atoms with E-state index in [-0.39, 0.29) is 0 Å². The van der Waals surface area contributed by atoms with Gasteiger partial charge in [0.2, 0.25) is 0 Å². The predicted octanol–water partition coefficient (Wildman–Crippen LogP) is 3.30. The van der Waals surface area contributed by atoms with Crippen LogP contribution in [0.5, 0.6) is 0 Å². The molecule has 3 nitrogen and oxygen atoms in total. The minimum atomic E-state index is 0.305. The normalized spacial score (nSPS) is 22.2. The maximum Gasteiger partial charge on any atom is 0.166 e. The summed E-state index contributed by atoms with van der Waals surface area (Å²) in [6, 6.07) is 0.554. The summed E-state index contributed by atoms with van der Waals surface area (Å²) in [5.74, 6) is 0.305. The third-order valence-electron chi connectivity index (χ3n) is 4.19. The highest BCUT2D eigenvalue weighted by atomic mass is 16.1. The lowest BCUT2D eigenvalue weighted by Gasteiger charge is -2.24. The first-order valence-electron chi connectivity index (χ1n) is 6.96. The van der Waals surface area contributed by atoms with Gasteiger partial charge in [-0.3, -0.25) is 9.48 Å². The molecule has 0 aromatic carbocycles. The van der Waals surface area contributed by atoms with Crippen LogP contribution in [0.2, 0.25) is 0 Å². The molecule has 92 valence electrons. The lowest BCUT2D eigenvalue weighted by atomic mass is 9.95. The molecule has 0 unspecified atom stereocenters. The van der Waals surface area contributed by atoms with E-state index in [1.807, 2.05) is 6.20 Å². The molecule has 0 atom stereocenters. The van der Waals surface area contributed by atoms with E-state index in [2.05, 4.69) is 9.78 Å². The molecule has 1 aromatic heterocycles. The maximum absolute atomic E-state index is 11.9. The summed E-state index contributed by atoms with van der Waals surface area (Å²) < 4.78 is 2.18. The first kappa shape index (κ1) is 11.0. The van der Waals surface area contributed by atoms with Crippen molar-refractivity contribution in [2.45, 2.75) is 63.8 Å². The predicted molar refractivity (Wildman–Crippen MR) is 66.2 cm³/mol. The van der Waals surface area contributed by atoms with E-state index in [0.717, 1.165) is 24.8 Å². The summed E-state index contributed by atoms with van der Waals surface area (Å²) >= 11 is 0. The van der Waals surface area contributed by atoms with Crippen LogP contribution in [0.4, 0.5) is 0 Å². The molecule has 0 bridgehead atoms. The smallest absolute Gasteiger partial charge is 0.166 e. The Morgan fingerprint density at radius 1 is 1.06 bits per heavy atom. The molecular weight excluding hydrogens is 212 g/mol. The minimum Gasteiger partial charge on any atom is -0.294 e. The van der Waals surface area contributed by atoms with Crippen LogP contribution in [0.1, 0.15) is 73.5 Å². The second-order valence-corrected chi connectivity index (χ2v) is 5.37. The fraction of sp³-hybridized carbons (Fsp3) is 0.714. The Balaban J connectivity index is 1.92. The molecule has 1 aromatic rings. The first-order chi connectivity index (χ1) is 8.36. The van der Waals surface area contributed by atoms with Crippen molar-refractivity contribution in [3.05, 3.63) is 17.5 Å². The fourth-order valence-electron chi connectivity index (χ4n) is 3.22. The number of aromatic nitrogens is 2. The zero-order valence-electron chi connectivity index (χ0n) is 10.3. The first-order valence-corrected chi connectivity index (χ1v) is 6.96. The highest BCUT2D eigenvalue weighted by molar-refractivity contribution is 5.97. The standard InChI is InChI=1S/C14H20N2O/c17-14-9-5-4-8-13-12(14)10-15-16(13)11-6-2-1-3-7-11/h10-11H,1-9H2. The summed E-state index contributed by atoms with van der Waals surface area (Å²) in [6.45, 7) is 0. The zero-order chi connectivity index (χ0) is 11.7. The van der Waals surface area contributed by atoms with E-state index in [1.165, 1.54) is 37.8 Å². The topological polar surface area (TPSA) is 34.9 Å². The Kier molecular flexibility index (Phi) is 3.00. The number of ketones is 1. The zero-order valence-corrected chi connectivity index (χ0v) is 10.3. The molecule has 1 fully saturated rings. The number of nitrogens with zero attached hydrogens (tertiary/aromatic N) is 2. The molecule has 17 heavy (non-hydrogen) atoms. The van der Waals surface area contributed by atoms with Gasteiger partial charge < -0.3 is 0 Å². The summed E-state index contributed by atoms with van der Waals surface area (Å²) in [4.78, 5) is 11.9. The Morgan fingerprint density at radius 2 is 1.82 bits per heavy atom. The van der Waals surface area contributed by atoms with E-state index in [9.17, 15) is 4.79 Å². The third kappa shape index (κ3) is 2.03. The van der Waals surface area contributed by atoms with Gasteiger partial charge in [0, 0.05) is 12.1 Å². The van der Waals surface area contributed by atoms with Crippen LogP contribution in [-0.4, -0.2) is 15.6 Å². The number of rotatable bonds is 1. The van der Waals surface area contributed by atoms with Crippen LogP contribution in [0.3, 0.4) is 0 Å². The minimum absolute atomic E-state index is 0.305. The van der Waals surface area contributed by atoms with Crippen LogP contribution in [0.25, 0.3) is 0 Å². The molecule has 2 aliphatic rings. The van der Waals surface area contributed by atoms with E-state index in [0.29, 0.717) is 18.2 Å². The molecule has 3 heteroatoms. The van der Waals surface area contributed by atoms with E-state index in [1.54, 1.807) is 0 Å². The molecule has 1 saturated carbocycles. The lowest BCUT2D eigenvalue weighted by molar-refractivity contribution is 0.0982. The lowest BCUT2D eigenvalue weighted by Crippen LogP contribution is -2.17. The number of carbonyl (C=O) groups is 1. The number of hydrogen-bond acceptors (Lipinski definition) is 2. The second kappa shape index (κ2) is 4.63. The SMILES string of the molecule is O=C1CCCCc2c1cnn2C1CCCCC1. The van der Waals surface area contributed by atoms with Gasteiger partial charge in [0.1, 0.15) is 0 Å². The van der Waals surface area contributed by atoms with Crippen molar-refractivity contribution in [2.24, 2.45) is 0 Å². The van der Waals surface area contributed by atoms with Gasteiger partial charge >= 0.3 is 0 Å². The highest BCUT2D eigenvalue weighted by Gasteiger charge is 2.24. The van der Waals surface area contributed by atoms with Crippen LogP contribution in [0, 0.1) is 0 Å². The molecule has 2 aliphatic carbocycles. The van der Waals surface area contributed by atoms with E-state index >= 15 is 0 Å². The Bertz CT molecular complexity index is 416. The number of hydrogen-bond donors (Lipinski definition) is 0. The molecule has 0 saturated heterocycles. The third-order valence-corrected chi connectivity index (χ3v) is 4.19. The molecule has 0 spiro atoms. The van der Waals surface area contributed by atoms with Crippen LogP contribution >= 0.6 is 0 Å². The molecule has 1 heterocycles. The summed E-state index contributed by atoms with van der Waals surface area (Å²) in [6.07, 6.45) is 12.2. The number of fused-ring (bicyclic) bond motifs is 1. The van der Waals surface area contributed by atoms with Crippen LogP contribution < -0.4 is 0 Å². The van der Waals surface area contributed by atoms with Crippen LogP contribution in [-0.2, 0) is 6.42 Å². The van der Waals surface area contributed by atoms with Crippen molar-refractivity contribution >= 4 is 5.78 Å². The molecule has 0 radical (unpaired) electrons. The monoisotopic (exact) mass is 232 g/mol. The van der Waals surface area contributed by atoms with Gasteiger partial charge in [-0.15, -0.1) is 0 Å². The summed E-state index contributed by atoms with van der Waals surface area (Å²) in [5.41, 5.74) is 2.13. The van der Waals surface area contributed by atoms with Gasteiger partial charge in [-0.25, -0.2) is 0 Å². The average Bonchev–Trinajstić information content (AvgIpc) is 2.71. The number of carbonyl (C=O) groups excluding carboxylic acids is 1. The van der Waals surface area contributed by atoms with Gasteiger partial charge in [-0.2, -0.15) is 5.10 Å². The number of Topliss-reactive ketones (excluding diaryl/α,β-unsaturated/α-hetero) is 1. The molecule has 0 aliphatic heterocycles. The van der Waals surface area contributed by atoms with Gasteiger partial charge in [0.25, 0.3) is 0 Å². The second-order valence-electron chi connectivity index (χ2n) is 5.37. The maximum atomic E-state index is 11.9. The quantitative estimate of drug-likeness (QED) is 0.696. The fourth-order valence-corrected chi connectivity index (χ4v) is 3.22. The Labute approximate surface area is 102 Å². The van der Waals surface area contributed by atoms with Crippen molar-refractivity contribution < 1.29 is 4.79 Å². The highest BCUT2D eigenvalue weighted by Crippen LogP contribution is 2.31. The van der Waals surface area contributed by atoms with E-state index < -0.39 is 0 Å². The van der Waals surface area contributed by atoms with Gasteiger partial charge in [-0.1, -0.05) is 19.3 Å². The molecular formula is C14H20N2O. The Hall–Kier alpha value is -1.12. The van der Waals surface area contributed by atoms with Crippen LogP contribution in [0.15, 0.2) is 6.20 Å². The van der Waals surface area contributed by atoms with Crippen molar-refractivity contribution in [3.63, 3.8) is 0 Å². The molecule has 3 rings (SSSR count). The van der Waals surface area contributed by atoms with Crippen molar-refractivity contribution in [1.82, 2.24) is 9.78 Å². The summed E-state index contributed by atoms with van der Waals surface area (Å²) in [5, 5.41) is 4.51. The van der Waals surface area contributed by atoms with E-state index in [4.69, 9.17) is 0 Å². The van der Waals surface area contributed by atoms with Crippen molar-refractivity contribution in [1.29, 1.82) is 0 Å². The largest absolute Gasteiger partial charge is 0.294 e. The van der Waals surface area contributed by atoms with Crippen molar-refractivity contribution in [3.8, 4) is 0 Å². The molecule has 0 N–H and O–H groups in total. The van der Waals surface area contributed by atoms with Gasteiger partial charge in [0.15, 0.2) is 5.78 Å². The van der Waals surface area contributed by atoms with Gasteiger partial charge in [-0.05, 0) is 32.1 Å². The van der Waals surface area contributed by atoms with Gasteiger partial charge in [0.05, 0.1) is 17.8 Å².